The number of halogens is 2. The van der Waals surface area contributed by atoms with Gasteiger partial charge in [-0.2, -0.15) is 0 Å². The maximum absolute atomic E-state index is 13.5. The number of carbonyl (C=O) groups excluding carboxylic acids is 2. The Kier molecular flexibility index (Phi) is 7.09. The number of nitrogens with one attached hydrogen (secondary N) is 2. The van der Waals surface area contributed by atoms with Crippen molar-refractivity contribution < 1.29 is 19.3 Å². The summed E-state index contributed by atoms with van der Waals surface area (Å²) in [7, 11) is 0. The molecule has 0 bridgehead atoms. The van der Waals surface area contributed by atoms with E-state index in [9.17, 15) is 14.0 Å². The number of amides is 3. The number of carbonyl (C=O) groups is 2. The van der Waals surface area contributed by atoms with Gasteiger partial charge in [-0.3, -0.25) is 10.1 Å². The first-order valence-electron chi connectivity index (χ1n) is 7.93. The average molecular weight is 409 g/mol. The highest BCUT2D eigenvalue weighted by Crippen LogP contribution is 2.16. The van der Waals surface area contributed by atoms with Crippen molar-refractivity contribution in [2.24, 2.45) is 0 Å². The lowest BCUT2D eigenvalue weighted by Gasteiger charge is -2.14. The van der Waals surface area contributed by atoms with Gasteiger partial charge in [-0.15, -0.1) is 0 Å². The van der Waals surface area contributed by atoms with Crippen LogP contribution in [0.5, 0.6) is 0 Å². The second-order valence-corrected chi connectivity index (χ2v) is 6.40. The molecule has 2 aromatic rings. The largest absolute Gasteiger partial charge is 0.332 e. The molecule has 0 fully saturated rings. The van der Waals surface area contributed by atoms with Crippen LogP contribution in [0.25, 0.3) is 0 Å². The topological polar surface area (TPSA) is 74.8 Å². The van der Waals surface area contributed by atoms with Crippen molar-refractivity contribution in [3.8, 4) is 0 Å². The van der Waals surface area contributed by atoms with Gasteiger partial charge >= 0.3 is 6.03 Å². The third-order valence-electron chi connectivity index (χ3n) is 3.70. The molecule has 0 aliphatic heterocycles. The van der Waals surface area contributed by atoms with Crippen LogP contribution >= 0.6 is 15.9 Å². The summed E-state index contributed by atoms with van der Waals surface area (Å²) in [6, 6.07) is 13.0. The number of para-hydroxylation sites is 1. The minimum Gasteiger partial charge on any atom is -0.332 e. The van der Waals surface area contributed by atoms with Gasteiger partial charge in [0.2, 0.25) is 0 Å². The monoisotopic (exact) mass is 408 g/mol. The molecule has 2 aromatic carbocycles. The Balaban J connectivity index is 1.83. The van der Waals surface area contributed by atoms with E-state index >= 15 is 0 Å². The van der Waals surface area contributed by atoms with E-state index in [4.69, 9.17) is 0 Å². The third-order valence-corrected chi connectivity index (χ3v) is 4.23. The quantitative estimate of drug-likeness (QED) is 0.687. The summed E-state index contributed by atoms with van der Waals surface area (Å²) in [4.78, 5) is 23.7. The Morgan fingerprint density at radius 3 is 2.48 bits per heavy atom. The molecule has 5 nitrogen and oxygen atoms in total. The number of imide groups is 1. The van der Waals surface area contributed by atoms with Gasteiger partial charge in [-0.1, -0.05) is 47.1 Å². The van der Waals surface area contributed by atoms with Crippen LogP contribution in [0.4, 0.5) is 14.9 Å². The van der Waals surface area contributed by atoms with E-state index in [0.717, 1.165) is 16.5 Å². The molecule has 7 heteroatoms. The first kappa shape index (κ1) is 19.1. The fourth-order valence-electron chi connectivity index (χ4n) is 2.39. The van der Waals surface area contributed by atoms with Crippen molar-refractivity contribution in [3.63, 3.8) is 0 Å². The zero-order chi connectivity index (χ0) is 18.2. The van der Waals surface area contributed by atoms with E-state index < -0.39 is 17.8 Å². The van der Waals surface area contributed by atoms with Gasteiger partial charge in [0.25, 0.3) is 5.91 Å². The molecule has 2 rings (SSSR count). The summed E-state index contributed by atoms with van der Waals surface area (Å²) < 4.78 is 14.5. The number of rotatable bonds is 6. The van der Waals surface area contributed by atoms with Crippen molar-refractivity contribution in [2.45, 2.75) is 19.4 Å². The minimum atomic E-state index is -0.750. The predicted molar refractivity (Wildman–Crippen MR) is 97.5 cm³/mol. The van der Waals surface area contributed by atoms with Crippen molar-refractivity contribution in [1.82, 2.24) is 5.32 Å². The third kappa shape index (κ3) is 5.95. The predicted octanol–water partition coefficient (Wildman–Crippen LogP) is 2.95. The second kappa shape index (κ2) is 9.29. The van der Waals surface area contributed by atoms with Gasteiger partial charge in [0.05, 0.1) is 5.69 Å². The van der Waals surface area contributed by atoms with Crippen LogP contribution in [0.1, 0.15) is 24.9 Å². The number of anilines is 1. The molecule has 132 valence electrons. The Morgan fingerprint density at radius 2 is 1.84 bits per heavy atom. The van der Waals surface area contributed by atoms with Crippen LogP contribution in [0.3, 0.4) is 0 Å². The van der Waals surface area contributed by atoms with Crippen molar-refractivity contribution in [2.75, 3.05) is 11.9 Å². The molecule has 3 amide bonds. The maximum Gasteiger partial charge on any atom is 0.326 e. The summed E-state index contributed by atoms with van der Waals surface area (Å²) >= 11 is 3.39. The summed E-state index contributed by atoms with van der Waals surface area (Å²) in [6.45, 7) is 2.13. The van der Waals surface area contributed by atoms with E-state index in [1.54, 1.807) is 6.07 Å². The summed E-state index contributed by atoms with van der Waals surface area (Å²) in [6.07, 6.45) is 0.844. The Hall–Kier alpha value is -2.25. The summed E-state index contributed by atoms with van der Waals surface area (Å²) in [5.74, 6) is -0.998. The number of urea groups is 1. The zero-order valence-electron chi connectivity index (χ0n) is 13.8. The molecular weight excluding hydrogens is 389 g/mol. The van der Waals surface area contributed by atoms with Crippen LogP contribution in [0, 0.1) is 5.82 Å². The van der Waals surface area contributed by atoms with Crippen LogP contribution < -0.4 is 16.0 Å². The molecule has 4 N–H and O–H groups in total. The first-order chi connectivity index (χ1) is 12.0. The van der Waals surface area contributed by atoms with Crippen LogP contribution in [0.2, 0.25) is 0 Å². The number of benzene rings is 2. The molecule has 0 saturated carbocycles. The fraction of sp³-hybridized carbons (Fsp3) is 0.222. The highest BCUT2D eigenvalue weighted by atomic mass is 79.9. The van der Waals surface area contributed by atoms with E-state index in [2.05, 4.69) is 26.6 Å². The van der Waals surface area contributed by atoms with Crippen LogP contribution in [-0.4, -0.2) is 18.5 Å². The Morgan fingerprint density at radius 1 is 1.16 bits per heavy atom. The highest BCUT2D eigenvalue weighted by Gasteiger charge is 2.16. The number of nitrogens with two attached hydrogens (primary N) is 1. The van der Waals surface area contributed by atoms with Crippen molar-refractivity contribution in [3.05, 3.63) is 64.4 Å². The molecular formula is C18H20BrFN3O2+. The van der Waals surface area contributed by atoms with Gasteiger partial charge < -0.3 is 10.6 Å². The normalized spacial score (nSPS) is 11.6. The minimum absolute atomic E-state index is 0.0260. The van der Waals surface area contributed by atoms with E-state index in [0.29, 0.717) is 0 Å². The van der Waals surface area contributed by atoms with E-state index in [1.807, 2.05) is 36.5 Å². The molecule has 0 aromatic heterocycles. The van der Waals surface area contributed by atoms with E-state index in [-0.39, 0.29) is 18.3 Å². The Bertz CT molecular complexity index is 737. The molecule has 0 heterocycles. The summed E-state index contributed by atoms with van der Waals surface area (Å²) in [5, 5.41) is 6.39. The molecule has 1 atom stereocenters. The molecule has 0 unspecified atom stereocenters. The molecule has 0 saturated heterocycles. The molecule has 0 radical (unpaired) electrons. The SMILES string of the molecule is CC[C@H]([NH2+]CC(=O)NC(=O)Nc1ccccc1F)c1ccc(Br)cc1. The molecule has 0 spiro atoms. The first-order valence-corrected chi connectivity index (χ1v) is 8.73. The average Bonchev–Trinajstić information content (AvgIpc) is 2.59. The van der Waals surface area contributed by atoms with Crippen molar-refractivity contribution in [1.29, 1.82) is 0 Å². The van der Waals surface area contributed by atoms with Gasteiger partial charge in [0, 0.05) is 16.5 Å². The standard InChI is InChI=1S/C18H19BrFN3O2/c1-2-15(12-7-9-13(19)10-8-12)21-11-17(24)23-18(25)22-16-6-4-3-5-14(16)20/h3-10,15,21H,2,11H2,1H3,(H2,22,23,24,25)/p+1/t15-/m0/s1. The number of hydrogen-bond acceptors (Lipinski definition) is 2. The molecule has 0 aliphatic carbocycles. The summed E-state index contributed by atoms with van der Waals surface area (Å²) in [5.41, 5.74) is 1.13. The Labute approximate surface area is 154 Å². The van der Waals surface area contributed by atoms with Crippen molar-refractivity contribution >= 4 is 33.6 Å². The highest BCUT2D eigenvalue weighted by molar-refractivity contribution is 9.10. The molecule has 25 heavy (non-hydrogen) atoms. The lowest BCUT2D eigenvalue weighted by atomic mass is 10.0. The fourth-order valence-corrected chi connectivity index (χ4v) is 2.66. The van der Waals surface area contributed by atoms with Gasteiger partial charge in [0.15, 0.2) is 6.54 Å². The zero-order valence-corrected chi connectivity index (χ0v) is 15.3. The van der Waals surface area contributed by atoms with Crippen LogP contribution in [-0.2, 0) is 4.79 Å². The molecule has 0 aliphatic rings. The number of hydrogen-bond donors (Lipinski definition) is 3. The van der Waals surface area contributed by atoms with Gasteiger partial charge in [-0.05, 0) is 24.3 Å². The lowest BCUT2D eigenvalue weighted by Crippen LogP contribution is -2.87. The smallest absolute Gasteiger partial charge is 0.326 e. The maximum atomic E-state index is 13.5. The lowest BCUT2D eigenvalue weighted by molar-refractivity contribution is -0.686. The second-order valence-electron chi connectivity index (χ2n) is 5.49. The van der Waals surface area contributed by atoms with Gasteiger partial charge in [0.1, 0.15) is 11.9 Å². The van der Waals surface area contributed by atoms with Gasteiger partial charge in [-0.25, -0.2) is 9.18 Å². The number of quaternary nitrogens is 1. The van der Waals surface area contributed by atoms with E-state index in [1.165, 1.54) is 18.2 Å². The van der Waals surface area contributed by atoms with Crippen LogP contribution in [0.15, 0.2) is 53.0 Å².